The molecule has 0 aliphatic rings. The van der Waals surface area contributed by atoms with E-state index in [9.17, 15) is 0 Å². The van der Waals surface area contributed by atoms with E-state index in [1.807, 2.05) is 36.4 Å². The maximum absolute atomic E-state index is 2.33. The van der Waals surface area contributed by atoms with Crippen LogP contribution in [0.1, 0.15) is 11.1 Å². The van der Waals surface area contributed by atoms with Crippen molar-refractivity contribution in [2.75, 3.05) is 0 Å². The van der Waals surface area contributed by atoms with Crippen molar-refractivity contribution in [3.8, 4) is 22.3 Å². The Morgan fingerprint density at radius 1 is 0.325 bits per heavy atom. The van der Waals surface area contributed by atoms with Crippen molar-refractivity contribution in [1.29, 1.82) is 0 Å². The Morgan fingerprint density at radius 3 is 1.32 bits per heavy atom. The van der Waals surface area contributed by atoms with Crippen LogP contribution in [0.5, 0.6) is 0 Å². The van der Waals surface area contributed by atoms with Gasteiger partial charge >= 0.3 is 0 Å². The molecule has 0 heterocycles. The number of benzene rings is 7. The van der Waals surface area contributed by atoms with Crippen molar-refractivity contribution >= 4 is 33.7 Å². The first-order valence-electron chi connectivity index (χ1n) is 13.7. The normalized spacial score (nSPS) is 10.9. The van der Waals surface area contributed by atoms with Crippen LogP contribution in [0.25, 0.3) is 56.0 Å². The van der Waals surface area contributed by atoms with E-state index >= 15 is 0 Å². The predicted molar refractivity (Wildman–Crippen MR) is 174 cm³/mol. The lowest BCUT2D eigenvalue weighted by molar-refractivity contribution is 1.61. The summed E-state index contributed by atoms with van der Waals surface area (Å²) in [4.78, 5) is 0. The van der Waals surface area contributed by atoms with Crippen LogP contribution >= 0.6 is 0 Å². The summed E-state index contributed by atoms with van der Waals surface area (Å²) < 4.78 is 0. The first kappa shape index (κ1) is 25.1. The fourth-order valence-electron chi connectivity index (χ4n) is 5.11. The highest BCUT2D eigenvalue weighted by molar-refractivity contribution is 6.09. The smallest absolute Gasteiger partial charge is 0.00266 e. The van der Waals surface area contributed by atoms with E-state index in [-0.39, 0.29) is 0 Å². The molecule has 0 aliphatic heterocycles. The van der Waals surface area contributed by atoms with Crippen LogP contribution in [0, 0.1) is 0 Å². The monoisotopic (exact) mass is 510 g/mol. The van der Waals surface area contributed by atoms with Crippen LogP contribution in [0.2, 0.25) is 0 Å². The molecule has 7 aromatic rings. The summed E-state index contributed by atoms with van der Waals surface area (Å²) in [6.45, 7) is 0. The number of rotatable bonds is 4. The zero-order chi connectivity index (χ0) is 27.0. The van der Waals surface area contributed by atoms with Gasteiger partial charge in [-0.1, -0.05) is 170 Å². The fourth-order valence-corrected chi connectivity index (χ4v) is 5.11. The average molecular weight is 511 g/mol. The van der Waals surface area contributed by atoms with Crippen molar-refractivity contribution in [3.63, 3.8) is 0 Å². The molecule has 0 radical (unpaired) electrons. The van der Waals surface area contributed by atoms with Crippen molar-refractivity contribution < 1.29 is 0 Å². The highest BCUT2D eigenvalue weighted by Crippen LogP contribution is 2.39. The van der Waals surface area contributed by atoms with Gasteiger partial charge < -0.3 is 0 Å². The van der Waals surface area contributed by atoms with Crippen LogP contribution < -0.4 is 0 Å². The molecule has 40 heavy (non-hydrogen) atoms. The second kappa shape index (κ2) is 12.1. The molecule has 0 aliphatic carbocycles. The topological polar surface area (TPSA) is 0 Å². The van der Waals surface area contributed by atoms with Gasteiger partial charge in [0.2, 0.25) is 0 Å². The fraction of sp³-hybridized carbons (Fsp3) is 0. The lowest BCUT2D eigenvalue weighted by atomic mass is 9.89. The third-order valence-corrected chi connectivity index (χ3v) is 7.10. The van der Waals surface area contributed by atoms with Gasteiger partial charge in [-0.25, -0.2) is 0 Å². The Labute approximate surface area is 236 Å². The second-order valence-corrected chi connectivity index (χ2v) is 9.80. The highest BCUT2D eigenvalue weighted by atomic mass is 14.2. The molecule has 0 spiro atoms. The third kappa shape index (κ3) is 5.77. The van der Waals surface area contributed by atoms with Crippen molar-refractivity contribution in [3.05, 3.63) is 181 Å². The zero-order valence-electron chi connectivity index (χ0n) is 22.3. The van der Waals surface area contributed by atoms with Crippen LogP contribution in [-0.2, 0) is 0 Å². The molecule has 0 nitrogen and oxygen atoms in total. The molecule has 0 atom stereocenters. The first-order chi connectivity index (χ1) is 19.8. The van der Waals surface area contributed by atoms with Crippen LogP contribution in [0.15, 0.2) is 170 Å². The molecule has 7 aromatic carbocycles. The number of fused-ring (bicyclic) bond motifs is 2. The molecule has 0 heteroatoms. The molecule has 0 fully saturated rings. The summed E-state index contributed by atoms with van der Waals surface area (Å²) in [6, 6.07) is 59.7. The van der Waals surface area contributed by atoms with Gasteiger partial charge in [-0.2, -0.15) is 0 Å². The summed E-state index contributed by atoms with van der Waals surface area (Å²) in [6.07, 6.45) is 4.24. The van der Waals surface area contributed by atoms with Gasteiger partial charge in [-0.05, 0) is 67.1 Å². The molecule has 0 saturated carbocycles. The lowest BCUT2D eigenvalue weighted by Crippen LogP contribution is -1.88. The Kier molecular flexibility index (Phi) is 7.60. The average Bonchev–Trinajstić information content (AvgIpc) is 3.04. The minimum Gasteiger partial charge on any atom is -0.0622 e. The molecule has 0 aromatic heterocycles. The largest absolute Gasteiger partial charge is 0.0622 e. The molecule has 0 bridgehead atoms. The van der Waals surface area contributed by atoms with E-state index in [0.29, 0.717) is 0 Å². The summed E-state index contributed by atoms with van der Waals surface area (Å²) >= 11 is 0. The van der Waals surface area contributed by atoms with Crippen LogP contribution in [0.3, 0.4) is 0 Å². The first-order valence-corrected chi connectivity index (χ1v) is 13.7. The minimum absolute atomic E-state index is 1.23. The molecular formula is C40H30. The molecule has 7 rings (SSSR count). The van der Waals surface area contributed by atoms with Gasteiger partial charge in [-0.15, -0.1) is 0 Å². The zero-order valence-corrected chi connectivity index (χ0v) is 22.3. The molecule has 0 saturated heterocycles. The van der Waals surface area contributed by atoms with Gasteiger partial charge in [-0.3, -0.25) is 0 Å². The lowest BCUT2D eigenvalue weighted by Gasteiger charge is -2.15. The van der Waals surface area contributed by atoms with Crippen molar-refractivity contribution in [1.82, 2.24) is 0 Å². The summed E-state index contributed by atoms with van der Waals surface area (Å²) in [5.74, 6) is 0. The van der Waals surface area contributed by atoms with E-state index in [2.05, 4.69) is 146 Å². The SMILES string of the molecule is C(=Cc1ccccc1)c1ccccc1.c1ccc(-c2ccc3cc4ccccc4cc3c2-c2ccccc2)cc1. The van der Waals surface area contributed by atoms with E-state index in [1.54, 1.807) is 0 Å². The molecule has 0 amide bonds. The van der Waals surface area contributed by atoms with Crippen molar-refractivity contribution in [2.24, 2.45) is 0 Å². The van der Waals surface area contributed by atoms with Crippen LogP contribution in [-0.4, -0.2) is 0 Å². The van der Waals surface area contributed by atoms with E-state index in [1.165, 1.54) is 54.9 Å². The van der Waals surface area contributed by atoms with Gasteiger partial charge in [0.25, 0.3) is 0 Å². The summed E-state index contributed by atoms with van der Waals surface area (Å²) in [5.41, 5.74) is 7.56. The van der Waals surface area contributed by atoms with Crippen molar-refractivity contribution in [2.45, 2.75) is 0 Å². The predicted octanol–water partition coefficient (Wildman–Crippen LogP) is 11.2. The highest BCUT2D eigenvalue weighted by Gasteiger charge is 2.12. The summed E-state index contributed by atoms with van der Waals surface area (Å²) in [5, 5.41) is 5.15. The van der Waals surface area contributed by atoms with Gasteiger partial charge in [0.15, 0.2) is 0 Å². The minimum atomic E-state index is 1.23. The Balaban J connectivity index is 0.000000175. The Morgan fingerprint density at radius 2 is 0.775 bits per heavy atom. The molecular weight excluding hydrogens is 480 g/mol. The van der Waals surface area contributed by atoms with Gasteiger partial charge in [0.1, 0.15) is 0 Å². The van der Waals surface area contributed by atoms with Gasteiger partial charge in [0.05, 0.1) is 0 Å². The third-order valence-electron chi connectivity index (χ3n) is 7.10. The Hall–Kier alpha value is -5.20. The van der Waals surface area contributed by atoms with E-state index in [0.717, 1.165) is 0 Å². The Bertz CT molecular complexity index is 1810. The molecule has 0 unspecified atom stereocenters. The quantitative estimate of drug-likeness (QED) is 0.163. The number of hydrogen-bond donors (Lipinski definition) is 0. The second-order valence-electron chi connectivity index (χ2n) is 9.80. The van der Waals surface area contributed by atoms with E-state index < -0.39 is 0 Å². The standard InChI is InChI=1S/C26H18.C14H12/c1-3-9-19(10-4-1)24-16-15-23-17-21-13-7-8-14-22(21)18-25(23)26(24)20-11-5-2-6-12-20;1-3-7-13(8-4-1)11-12-14-9-5-2-6-10-14/h1-18H;1-12H. The maximum Gasteiger partial charge on any atom is -0.00266 e. The number of hydrogen-bond acceptors (Lipinski definition) is 0. The molecule has 0 N–H and O–H groups in total. The van der Waals surface area contributed by atoms with Gasteiger partial charge in [0, 0.05) is 0 Å². The maximum atomic E-state index is 2.33. The van der Waals surface area contributed by atoms with E-state index in [4.69, 9.17) is 0 Å². The summed E-state index contributed by atoms with van der Waals surface area (Å²) in [7, 11) is 0. The van der Waals surface area contributed by atoms with Crippen LogP contribution in [0.4, 0.5) is 0 Å². The molecule has 190 valence electrons.